The van der Waals surface area contributed by atoms with E-state index in [1.54, 1.807) is 34.0 Å². The van der Waals surface area contributed by atoms with Gasteiger partial charge < -0.3 is 9.13 Å². The second kappa shape index (κ2) is 27.4. The molecule has 0 fully saturated rings. The van der Waals surface area contributed by atoms with Gasteiger partial charge in [-0.15, -0.1) is 34.0 Å². The average molecular weight is 1500 g/mol. The molecule has 0 radical (unpaired) electrons. The quantitative estimate of drug-likeness (QED) is 0.128. The van der Waals surface area contributed by atoms with Crippen molar-refractivity contribution < 1.29 is 0 Å². The average Bonchev–Trinajstić information content (AvgIpc) is 1.67. The SMILES string of the molecule is c1cc(-c2cccc(-n3c4ccccc4c4ccccc43)c2)cc(-c2nc(-c3ccc4c(c3)sc3ccccc34)nc(-c3ccc4c(c3)sc3ccccc34)n2)c1.c1ccc(-c2cc(-c3cccc(-n4c5ccccc5c5ccccc54)c3)cc(-c3nc(-c4ccccc4)nc(-c4ccc5c(c4)sc4ccccc45)n3)c2)cc1. The van der Waals surface area contributed by atoms with Gasteiger partial charge in [0.1, 0.15) is 0 Å². The highest BCUT2D eigenvalue weighted by Crippen LogP contribution is 2.43. The van der Waals surface area contributed by atoms with Crippen molar-refractivity contribution in [1.29, 1.82) is 0 Å². The van der Waals surface area contributed by atoms with Gasteiger partial charge in [-0.2, -0.15) is 0 Å². The fraction of sp³-hybridized carbons (Fsp3) is 0. The minimum absolute atomic E-state index is 0.628. The minimum atomic E-state index is 0.628. The maximum Gasteiger partial charge on any atom is 0.164 e. The number of nitrogens with zero attached hydrogens (tertiary/aromatic N) is 8. The molecule has 0 aliphatic rings. The Morgan fingerprint density at radius 1 is 0.150 bits per heavy atom. The fourth-order valence-electron chi connectivity index (χ4n) is 16.3. The van der Waals surface area contributed by atoms with Crippen LogP contribution >= 0.6 is 34.0 Å². The number of para-hydroxylation sites is 4. The highest BCUT2D eigenvalue weighted by Gasteiger charge is 2.22. The highest BCUT2D eigenvalue weighted by molar-refractivity contribution is 7.26. The van der Waals surface area contributed by atoms with Gasteiger partial charge in [-0.05, 0) is 143 Å². The molecule has 0 amide bonds. The number of aromatic nitrogens is 8. The smallest absolute Gasteiger partial charge is 0.164 e. The van der Waals surface area contributed by atoms with Gasteiger partial charge in [0, 0.05) is 127 Å². The lowest BCUT2D eigenvalue weighted by Gasteiger charge is -2.14. The Kier molecular flexibility index (Phi) is 16.0. The third-order valence-corrected chi connectivity index (χ3v) is 25.1. The Morgan fingerprint density at radius 2 is 0.407 bits per heavy atom. The van der Waals surface area contributed by atoms with E-state index in [4.69, 9.17) is 29.9 Å². The lowest BCUT2D eigenvalue weighted by atomic mass is 9.95. The Labute approximate surface area is 661 Å². The maximum absolute atomic E-state index is 5.23. The van der Waals surface area contributed by atoms with Crippen LogP contribution in [-0.2, 0) is 0 Å². The molecule has 23 aromatic rings. The number of fused-ring (bicyclic) bond motifs is 15. The third kappa shape index (κ3) is 11.8. The first-order chi connectivity index (χ1) is 55.9. The zero-order valence-electron chi connectivity index (χ0n) is 60.6. The van der Waals surface area contributed by atoms with E-state index in [9.17, 15) is 0 Å². The van der Waals surface area contributed by atoms with Crippen LogP contribution in [0, 0.1) is 0 Å². The molecule has 0 N–H and O–H groups in total. The maximum atomic E-state index is 5.23. The number of benzene rings is 16. The summed E-state index contributed by atoms with van der Waals surface area (Å²) >= 11 is 5.41. The molecular weight excluding hydrogens is 1430 g/mol. The first-order valence-corrected chi connectivity index (χ1v) is 40.2. The van der Waals surface area contributed by atoms with Gasteiger partial charge in [0.15, 0.2) is 34.9 Å². The number of thiophene rings is 3. The van der Waals surface area contributed by atoms with E-state index in [1.165, 1.54) is 104 Å². The molecule has 7 aromatic heterocycles. The number of rotatable bonds is 11. The van der Waals surface area contributed by atoms with Crippen LogP contribution < -0.4 is 0 Å². The first kappa shape index (κ1) is 65.8. The molecule has 113 heavy (non-hydrogen) atoms. The molecule has 0 spiro atoms. The van der Waals surface area contributed by atoms with E-state index < -0.39 is 0 Å². The van der Waals surface area contributed by atoms with Crippen molar-refractivity contribution >= 4 is 138 Å². The summed E-state index contributed by atoms with van der Waals surface area (Å²) in [6.45, 7) is 0. The molecule has 16 aromatic carbocycles. The summed E-state index contributed by atoms with van der Waals surface area (Å²) in [4.78, 5) is 31.1. The van der Waals surface area contributed by atoms with Crippen molar-refractivity contribution in [2.45, 2.75) is 0 Å². The van der Waals surface area contributed by atoms with Crippen LogP contribution in [0.1, 0.15) is 0 Å². The molecule has 0 bridgehead atoms. The standard InChI is InChI=1S/C51H30N4S2.C51H32N4S/c1-5-19-43-37(15-1)38-16-2-6-20-44(38)55(43)36-14-10-12-32(28-36)31-11-9-13-33(27-31)49-52-50(34-23-25-41-39-17-3-7-21-45(39)56-47(41)29-34)54-51(53-49)35-24-26-42-40-18-4-8-22-46(40)57-48(42)30-35;1-3-14-33(15-4-1)37-28-38(35-18-13-19-40(31-35)55-45-23-10-7-20-41(45)42-21-8-11-24-46(42)55)30-39(29-37)51-53-49(34-16-5-2-6-17-34)52-50(54-51)36-26-27-44-43-22-9-12-25-47(43)56-48(44)32-36/h1-30H;1-32H. The van der Waals surface area contributed by atoms with E-state index in [1.807, 2.05) is 18.2 Å². The summed E-state index contributed by atoms with van der Waals surface area (Å²) < 4.78 is 12.2. The molecule has 0 saturated carbocycles. The minimum Gasteiger partial charge on any atom is -0.309 e. The van der Waals surface area contributed by atoms with Gasteiger partial charge in [-0.1, -0.05) is 267 Å². The summed E-state index contributed by atoms with van der Waals surface area (Å²) in [7, 11) is 0. The van der Waals surface area contributed by atoms with Crippen LogP contribution in [0.4, 0.5) is 0 Å². The lowest BCUT2D eigenvalue weighted by molar-refractivity contribution is 1.07. The predicted octanol–water partition coefficient (Wildman–Crippen LogP) is 28.0. The van der Waals surface area contributed by atoms with E-state index in [0.29, 0.717) is 34.9 Å². The molecule has 0 unspecified atom stereocenters. The van der Waals surface area contributed by atoms with Gasteiger partial charge in [0.2, 0.25) is 0 Å². The van der Waals surface area contributed by atoms with Gasteiger partial charge in [0.05, 0.1) is 22.1 Å². The Balaban J connectivity index is 0.000000138. The van der Waals surface area contributed by atoms with E-state index in [-0.39, 0.29) is 0 Å². The molecule has 0 aliphatic carbocycles. The second-order valence-electron chi connectivity index (χ2n) is 28.5. The summed E-state index contributed by atoms with van der Waals surface area (Å²) in [5.74, 6) is 3.87. The van der Waals surface area contributed by atoms with Crippen LogP contribution in [0.25, 0.3) is 217 Å². The normalized spacial score (nSPS) is 11.7. The third-order valence-electron chi connectivity index (χ3n) is 21.7. The van der Waals surface area contributed by atoms with E-state index >= 15 is 0 Å². The van der Waals surface area contributed by atoms with Crippen LogP contribution in [0.15, 0.2) is 376 Å². The van der Waals surface area contributed by atoms with Crippen LogP contribution in [0.2, 0.25) is 0 Å². The topological polar surface area (TPSA) is 87.2 Å². The van der Waals surface area contributed by atoms with Crippen molar-refractivity contribution in [3.63, 3.8) is 0 Å². The van der Waals surface area contributed by atoms with Crippen LogP contribution in [0.3, 0.4) is 0 Å². The van der Waals surface area contributed by atoms with Crippen molar-refractivity contribution in [2.75, 3.05) is 0 Å². The van der Waals surface area contributed by atoms with Crippen molar-refractivity contribution in [2.24, 2.45) is 0 Å². The Morgan fingerprint density at radius 3 is 0.814 bits per heavy atom. The second-order valence-corrected chi connectivity index (χ2v) is 31.7. The monoisotopic (exact) mass is 1490 g/mol. The zero-order valence-corrected chi connectivity index (χ0v) is 63.0. The molecule has 23 rings (SSSR count). The van der Waals surface area contributed by atoms with Crippen LogP contribution in [-0.4, -0.2) is 39.0 Å². The largest absolute Gasteiger partial charge is 0.309 e. The summed E-state index contributed by atoms with van der Waals surface area (Å²) in [5.41, 5.74) is 19.3. The number of hydrogen-bond acceptors (Lipinski definition) is 9. The summed E-state index contributed by atoms with van der Waals surface area (Å²) in [6.07, 6.45) is 0. The van der Waals surface area contributed by atoms with E-state index in [2.05, 4.69) is 367 Å². The molecule has 8 nitrogen and oxygen atoms in total. The number of hydrogen-bond donors (Lipinski definition) is 0. The summed E-state index contributed by atoms with van der Waals surface area (Å²) in [5, 5.41) is 12.6. The van der Waals surface area contributed by atoms with Crippen molar-refractivity contribution in [1.82, 2.24) is 39.0 Å². The fourth-order valence-corrected chi connectivity index (χ4v) is 19.8. The zero-order chi connectivity index (χ0) is 74.5. The molecule has 11 heteroatoms. The summed E-state index contributed by atoms with van der Waals surface area (Å²) in [6, 6.07) is 134. The predicted molar refractivity (Wildman–Crippen MR) is 476 cm³/mol. The van der Waals surface area contributed by atoms with Crippen molar-refractivity contribution in [3.8, 4) is 113 Å². The van der Waals surface area contributed by atoms with Gasteiger partial charge >= 0.3 is 0 Å². The highest BCUT2D eigenvalue weighted by atomic mass is 32.1. The van der Waals surface area contributed by atoms with Gasteiger partial charge in [0.25, 0.3) is 0 Å². The molecule has 528 valence electrons. The van der Waals surface area contributed by atoms with Crippen molar-refractivity contribution in [3.05, 3.63) is 376 Å². The lowest BCUT2D eigenvalue weighted by Crippen LogP contribution is -2.00. The molecular formula is C102H62N8S3. The van der Waals surface area contributed by atoms with E-state index in [0.717, 1.165) is 78.1 Å². The van der Waals surface area contributed by atoms with Crippen LogP contribution in [0.5, 0.6) is 0 Å². The Bertz CT molecular complexity index is 7480. The molecule has 0 aliphatic heterocycles. The first-order valence-electron chi connectivity index (χ1n) is 37.8. The molecule has 0 atom stereocenters. The molecule has 0 saturated heterocycles. The van der Waals surface area contributed by atoms with Gasteiger partial charge in [-0.25, -0.2) is 29.9 Å². The molecule has 7 heterocycles. The Hall–Kier alpha value is -14.2. The van der Waals surface area contributed by atoms with Gasteiger partial charge in [-0.3, -0.25) is 0 Å².